The Labute approximate surface area is 350 Å². The topological polar surface area (TPSA) is 221 Å². The number of fused-ring (bicyclic) bond motifs is 2. The number of rotatable bonds is 9. The molecular weight excluding hydrogens is 932 g/mol. The summed E-state index contributed by atoms with van der Waals surface area (Å²) in [7, 11) is -3.70. The molecule has 8 rings (SSSR count). The van der Waals surface area contributed by atoms with Crippen LogP contribution in [0, 0.1) is 6.92 Å². The van der Waals surface area contributed by atoms with Crippen LogP contribution in [0.4, 0.5) is 0 Å². The number of hydrogen-bond donors (Lipinski definition) is 4. The number of hydrogen-bond acceptors (Lipinski definition) is 12. The normalized spacial score (nSPS) is 19.2. The minimum Gasteiger partial charge on any atom is -0.458 e. The zero-order chi connectivity index (χ0) is 40.8. The lowest BCUT2D eigenvalue weighted by Crippen LogP contribution is -2.52. The lowest BCUT2D eigenvalue weighted by atomic mass is 10.0. The second kappa shape index (κ2) is 16.4. The second-order valence-corrected chi connectivity index (χ2v) is 19.2. The number of piperidine rings is 2. The summed E-state index contributed by atoms with van der Waals surface area (Å²) in [5, 5.41) is 7.30. The molecule has 3 aromatic heterocycles. The molecule has 57 heavy (non-hydrogen) atoms. The predicted octanol–water partition coefficient (Wildman–Crippen LogP) is 3.85. The molecule has 0 bridgehead atoms. The Bertz CT molecular complexity index is 2480. The Hall–Kier alpha value is -4.54. The molecule has 4 N–H and O–H groups in total. The number of halogens is 2. The smallest absolute Gasteiger partial charge is 0.288 e. The van der Waals surface area contributed by atoms with Crippen LogP contribution >= 0.6 is 54.5 Å². The molecule has 298 valence electrons. The molecule has 0 aliphatic carbocycles. The van der Waals surface area contributed by atoms with Crippen molar-refractivity contribution in [2.75, 3.05) is 0 Å². The van der Waals surface area contributed by atoms with Gasteiger partial charge >= 0.3 is 0 Å². The Morgan fingerprint density at radius 3 is 1.84 bits per heavy atom. The van der Waals surface area contributed by atoms with Gasteiger partial charge in [0.15, 0.2) is 0 Å². The Balaban J connectivity index is 0.000000175. The maximum atomic E-state index is 12.8. The quantitative estimate of drug-likeness (QED) is 0.178. The number of nitrogens with zero attached hydrogens (tertiary/aromatic N) is 2. The van der Waals surface area contributed by atoms with Crippen LogP contribution < -0.4 is 20.7 Å². The summed E-state index contributed by atoms with van der Waals surface area (Å²) < 4.78 is 34.3. The largest absolute Gasteiger partial charge is 0.458 e. The number of thiophene rings is 2. The first kappa shape index (κ1) is 40.6. The van der Waals surface area contributed by atoms with E-state index < -0.39 is 33.9 Å². The monoisotopic (exact) mass is 962 g/mol. The van der Waals surface area contributed by atoms with Gasteiger partial charge in [0, 0.05) is 46.7 Å². The average Bonchev–Trinajstić information content (AvgIpc) is 3.97. The minimum absolute atomic E-state index is 0.0706. The minimum atomic E-state index is -3.70. The molecule has 0 radical (unpaired) electrons. The molecule has 7 heterocycles. The van der Waals surface area contributed by atoms with Crippen molar-refractivity contribution in [3.63, 3.8) is 0 Å². The van der Waals surface area contributed by atoms with Crippen LogP contribution in [-0.2, 0) is 55.4 Å². The van der Waals surface area contributed by atoms with Crippen molar-refractivity contribution in [1.29, 1.82) is 0 Å². The molecule has 0 spiro atoms. The second-order valence-electron chi connectivity index (χ2n) is 13.4. The van der Waals surface area contributed by atoms with Gasteiger partial charge in [0.05, 0.1) is 31.9 Å². The molecule has 4 aliphatic heterocycles. The predicted molar refractivity (Wildman–Crippen MR) is 211 cm³/mol. The fourth-order valence-electron chi connectivity index (χ4n) is 6.84. The third-order valence-electron chi connectivity index (χ3n) is 9.59. The highest BCUT2D eigenvalue weighted by Gasteiger charge is 2.41. The summed E-state index contributed by atoms with van der Waals surface area (Å²) in [6.45, 7) is 2.67. The lowest BCUT2D eigenvalue weighted by Gasteiger charge is -2.29. The van der Waals surface area contributed by atoms with Gasteiger partial charge in [-0.1, -0.05) is 15.9 Å². The van der Waals surface area contributed by atoms with Gasteiger partial charge in [0.25, 0.3) is 17.7 Å². The molecule has 4 aliphatic rings. The van der Waals surface area contributed by atoms with Gasteiger partial charge in [-0.2, -0.15) is 0 Å². The number of carbonyl (C=O) groups is 7. The first-order valence-corrected chi connectivity index (χ1v) is 22.1. The molecule has 2 fully saturated rings. The Kier molecular flexibility index (Phi) is 11.7. The van der Waals surface area contributed by atoms with Crippen LogP contribution in [0.15, 0.2) is 60.9 Å². The van der Waals surface area contributed by atoms with Gasteiger partial charge < -0.3 is 19.5 Å². The fourth-order valence-corrected chi connectivity index (χ4v) is 11.2. The summed E-state index contributed by atoms with van der Waals surface area (Å²) >= 11 is 9.07. The van der Waals surface area contributed by atoms with Gasteiger partial charge in [-0.05, 0) is 88.8 Å². The number of furan rings is 1. The van der Waals surface area contributed by atoms with E-state index in [-0.39, 0.29) is 72.7 Å². The van der Waals surface area contributed by atoms with Gasteiger partial charge in [-0.15, -0.1) is 22.7 Å². The summed E-state index contributed by atoms with van der Waals surface area (Å²) in [6, 6.07) is 8.96. The standard InChI is InChI=1S/C19H18BrN3O5S2.C17H14BrN3O5S/c1-10-6-12(20)2-4-15(10)30(27,28)21-8-13-7-11-9-23(19(26)17(11)29-13)14-3-5-16(24)22-18(14)25;18-10-3-4-26-13(10)16(24)19-6-9-5-8-7-21(17(25)14(8)27-9)11-1-2-12(22)20-15(11)23/h2,4,6-7,14,21H,3,5,8-9H2,1H3,(H,22,24,25);3-5,11H,1-2,6-7H2,(H,19,24)(H,20,22,23). The van der Waals surface area contributed by atoms with Crippen LogP contribution in [0.5, 0.6) is 0 Å². The molecule has 2 atom stereocenters. The van der Waals surface area contributed by atoms with E-state index in [9.17, 15) is 42.0 Å². The van der Waals surface area contributed by atoms with E-state index in [1.807, 2.05) is 6.07 Å². The van der Waals surface area contributed by atoms with Crippen LogP contribution in [0.2, 0.25) is 0 Å². The van der Waals surface area contributed by atoms with E-state index >= 15 is 0 Å². The van der Waals surface area contributed by atoms with E-state index in [2.05, 4.69) is 52.5 Å². The van der Waals surface area contributed by atoms with Crippen LogP contribution in [0.3, 0.4) is 0 Å². The molecule has 0 saturated carbocycles. The average molecular weight is 965 g/mol. The van der Waals surface area contributed by atoms with Crippen molar-refractivity contribution in [2.24, 2.45) is 0 Å². The summed E-state index contributed by atoms with van der Waals surface area (Å²) in [4.78, 5) is 90.0. The first-order chi connectivity index (χ1) is 27.1. The highest BCUT2D eigenvalue weighted by atomic mass is 79.9. The summed E-state index contributed by atoms with van der Waals surface area (Å²) in [5.41, 5.74) is 2.22. The third kappa shape index (κ3) is 8.53. The van der Waals surface area contributed by atoms with Crippen LogP contribution in [0.25, 0.3) is 0 Å². The van der Waals surface area contributed by atoms with Gasteiger partial charge in [0.1, 0.15) is 12.1 Å². The van der Waals surface area contributed by atoms with Crippen molar-refractivity contribution >= 4 is 106 Å². The molecule has 7 amide bonds. The van der Waals surface area contributed by atoms with E-state index in [1.165, 1.54) is 44.8 Å². The van der Waals surface area contributed by atoms with Crippen molar-refractivity contribution in [3.8, 4) is 0 Å². The van der Waals surface area contributed by atoms with Crippen molar-refractivity contribution in [2.45, 2.75) is 75.8 Å². The zero-order valence-electron chi connectivity index (χ0n) is 29.8. The Morgan fingerprint density at radius 2 is 1.37 bits per heavy atom. The first-order valence-electron chi connectivity index (χ1n) is 17.4. The molecule has 16 nitrogen and oxygen atoms in total. The number of carbonyl (C=O) groups excluding carboxylic acids is 7. The third-order valence-corrected chi connectivity index (χ3v) is 14.6. The summed E-state index contributed by atoms with van der Waals surface area (Å²) in [6.07, 6.45) is 2.50. The number of amides is 7. The fraction of sp³-hybridized carbons (Fsp3) is 0.306. The Morgan fingerprint density at radius 1 is 0.825 bits per heavy atom. The van der Waals surface area contributed by atoms with E-state index in [4.69, 9.17) is 4.42 Å². The lowest BCUT2D eigenvalue weighted by molar-refractivity contribution is -0.138. The van der Waals surface area contributed by atoms with E-state index in [0.717, 1.165) is 25.4 Å². The van der Waals surface area contributed by atoms with Crippen LogP contribution in [0.1, 0.15) is 82.0 Å². The highest BCUT2D eigenvalue weighted by Crippen LogP contribution is 2.35. The van der Waals surface area contributed by atoms with Gasteiger partial charge in [-0.3, -0.25) is 44.2 Å². The van der Waals surface area contributed by atoms with Crippen LogP contribution in [-0.4, -0.2) is 71.7 Å². The maximum absolute atomic E-state index is 12.8. The summed E-state index contributed by atoms with van der Waals surface area (Å²) in [5.74, 6) is -2.14. The zero-order valence-corrected chi connectivity index (χ0v) is 35.4. The molecule has 21 heteroatoms. The maximum Gasteiger partial charge on any atom is 0.288 e. The molecule has 4 aromatic rings. The van der Waals surface area contributed by atoms with Crippen molar-refractivity contribution in [1.82, 2.24) is 30.5 Å². The number of aryl methyl sites for hydroxylation is 1. The SMILES string of the molecule is Cc1cc(Br)ccc1S(=O)(=O)NCc1cc2c(s1)C(=O)N(C1CCC(=O)NC1=O)C2.O=C1CCC(N2Cc3cc(CNC(=O)c4occc4Br)sc3C2=O)C(=O)N1. The van der Waals surface area contributed by atoms with E-state index in [1.54, 1.807) is 31.2 Å². The number of nitrogens with one attached hydrogen (secondary N) is 4. The van der Waals surface area contributed by atoms with Gasteiger partial charge in [0.2, 0.25) is 39.4 Å². The molecule has 1 aromatic carbocycles. The van der Waals surface area contributed by atoms with Crippen molar-refractivity contribution in [3.05, 3.63) is 93.6 Å². The highest BCUT2D eigenvalue weighted by molar-refractivity contribution is 9.10. The number of sulfonamides is 1. The number of imide groups is 2. The number of benzene rings is 1. The molecule has 2 unspecified atom stereocenters. The molecular formula is C36H32Br2N6O10S3. The molecule has 2 saturated heterocycles. The van der Waals surface area contributed by atoms with Crippen molar-refractivity contribution < 1.29 is 46.4 Å². The van der Waals surface area contributed by atoms with Gasteiger partial charge in [-0.25, -0.2) is 13.1 Å². The van der Waals surface area contributed by atoms with E-state index in [0.29, 0.717) is 39.2 Å².